The van der Waals surface area contributed by atoms with E-state index in [0.29, 0.717) is 11.7 Å². The minimum atomic E-state index is -0.103. The molecule has 3 aromatic rings. The number of hydrogen-bond donors (Lipinski definition) is 0. The van der Waals surface area contributed by atoms with Gasteiger partial charge >= 0.3 is 0 Å². The number of fused-ring (bicyclic) bond motifs is 1. The van der Waals surface area contributed by atoms with Gasteiger partial charge in [-0.15, -0.1) is 5.10 Å². The Hall–Kier alpha value is -2.76. The molecule has 1 fully saturated rings. The Morgan fingerprint density at radius 1 is 1.08 bits per heavy atom. The highest BCUT2D eigenvalue weighted by atomic mass is 16.2. The molecule has 6 heteroatoms. The molecule has 3 heterocycles. The second-order valence-electron chi connectivity index (χ2n) is 6.66. The Labute approximate surface area is 146 Å². The summed E-state index contributed by atoms with van der Waals surface area (Å²) < 4.78 is 1.64. The van der Waals surface area contributed by atoms with Crippen molar-refractivity contribution in [3.8, 4) is 0 Å². The average molecular weight is 335 g/mol. The monoisotopic (exact) mass is 335 g/mol. The van der Waals surface area contributed by atoms with E-state index < -0.39 is 0 Å². The molecule has 2 aromatic heterocycles. The van der Waals surface area contributed by atoms with Crippen LogP contribution in [0.15, 0.2) is 36.4 Å². The molecule has 1 aromatic carbocycles. The first-order valence-electron chi connectivity index (χ1n) is 8.67. The lowest BCUT2D eigenvalue weighted by Gasteiger charge is -2.31. The number of piperidine rings is 1. The summed E-state index contributed by atoms with van der Waals surface area (Å²) >= 11 is 0. The van der Waals surface area contributed by atoms with Crippen molar-refractivity contribution in [3.05, 3.63) is 59.2 Å². The van der Waals surface area contributed by atoms with Crippen molar-refractivity contribution >= 4 is 11.7 Å². The van der Waals surface area contributed by atoms with Gasteiger partial charge in [0.1, 0.15) is 0 Å². The molecule has 0 radical (unpaired) electrons. The maximum absolute atomic E-state index is 12.8. The van der Waals surface area contributed by atoms with Gasteiger partial charge in [-0.3, -0.25) is 4.79 Å². The third kappa shape index (κ3) is 2.99. The Bertz CT molecular complexity index is 910. The lowest BCUT2D eigenvalue weighted by Crippen LogP contribution is -2.38. The fourth-order valence-corrected chi connectivity index (χ4v) is 3.54. The second-order valence-corrected chi connectivity index (χ2v) is 6.66. The number of hydrogen-bond acceptors (Lipinski definition) is 4. The van der Waals surface area contributed by atoms with E-state index >= 15 is 0 Å². The van der Waals surface area contributed by atoms with Gasteiger partial charge in [-0.1, -0.05) is 30.3 Å². The Morgan fingerprint density at radius 2 is 1.80 bits per heavy atom. The van der Waals surface area contributed by atoms with E-state index in [2.05, 4.69) is 39.3 Å². The first-order valence-corrected chi connectivity index (χ1v) is 8.67. The highest BCUT2D eigenvalue weighted by Gasteiger charge is 2.27. The van der Waals surface area contributed by atoms with E-state index in [9.17, 15) is 4.79 Å². The zero-order chi connectivity index (χ0) is 17.4. The topological polar surface area (TPSA) is 63.4 Å². The van der Waals surface area contributed by atoms with Crippen molar-refractivity contribution in [2.45, 2.75) is 32.6 Å². The first-order chi connectivity index (χ1) is 12.1. The van der Waals surface area contributed by atoms with Crippen molar-refractivity contribution in [2.24, 2.45) is 0 Å². The van der Waals surface area contributed by atoms with Gasteiger partial charge in [-0.25, -0.2) is 9.50 Å². The van der Waals surface area contributed by atoms with Gasteiger partial charge in [-0.05, 0) is 44.2 Å². The molecule has 0 N–H and O–H groups in total. The molecule has 1 aliphatic rings. The summed E-state index contributed by atoms with van der Waals surface area (Å²) in [5, 5.41) is 4.36. The summed E-state index contributed by atoms with van der Waals surface area (Å²) in [6, 6.07) is 12.5. The molecular weight excluding hydrogens is 314 g/mol. The van der Waals surface area contributed by atoms with Gasteiger partial charge in [0.25, 0.3) is 11.7 Å². The molecule has 6 nitrogen and oxygen atoms in total. The number of amides is 1. The van der Waals surface area contributed by atoms with Crippen molar-refractivity contribution in [2.75, 3.05) is 13.1 Å². The molecule has 128 valence electrons. The summed E-state index contributed by atoms with van der Waals surface area (Å²) in [7, 11) is 0. The maximum Gasteiger partial charge on any atom is 0.293 e. The van der Waals surface area contributed by atoms with E-state index in [4.69, 9.17) is 0 Å². The summed E-state index contributed by atoms with van der Waals surface area (Å²) in [4.78, 5) is 23.3. The largest absolute Gasteiger partial charge is 0.336 e. The zero-order valence-electron chi connectivity index (χ0n) is 14.5. The standard InChI is InChI=1S/C19H21N5O/c1-13-12-14(2)24-19(20-13)21-17(22-24)18(25)23-10-8-16(9-11-23)15-6-4-3-5-7-15/h3-7,12,16H,8-11H2,1-2H3. The Morgan fingerprint density at radius 3 is 2.52 bits per heavy atom. The molecule has 0 spiro atoms. The third-order valence-corrected chi connectivity index (χ3v) is 4.86. The van der Waals surface area contributed by atoms with Crippen LogP contribution in [0.5, 0.6) is 0 Å². The normalized spacial score (nSPS) is 15.7. The summed E-state index contributed by atoms with van der Waals surface area (Å²) in [5.74, 6) is 1.14. The van der Waals surface area contributed by atoms with Crippen LogP contribution in [0.2, 0.25) is 0 Å². The van der Waals surface area contributed by atoms with Crippen molar-refractivity contribution in [1.29, 1.82) is 0 Å². The van der Waals surface area contributed by atoms with Crippen LogP contribution in [0, 0.1) is 13.8 Å². The summed E-state index contributed by atoms with van der Waals surface area (Å²) in [6.07, 6.45) is 1.94. The molecule has 4 rings (SSSR count). The highest BCUT2D eigenvalue weighted by Crippen LogP contribution is 2.28. The van der Waals surface area contributed by atoms with Crippen LogP contribution in [0.25, 0.3) is 5.78 Å². The van der Waals surface area contributed by atoms with Gasteiger partial charge in [-0.2, -0.15) is 4.98 Å². The van der Waals surface area contributed by atoms with Crippen molar-refractivity contribution in [1.82, 2.24) is 24.5 Å². The Kier molecular flexibility index (Phi) is 3.95. The molecule has 1 aliphatic heterocycles. The number of aryl methyl sites for hydroxylation is 2. The fraction of sp³-hybridized carbons (Fsp3) is 0.368. The quantitative estimate of drug-likeness (QED) is 0.722. The van der Waals surface area contributed by atoms with Crippen LogP contribution >= 0.6 is 0 Å². The van der Waals surface area contributed by atoms with Gasteiger partial charge in [0.2, 0.25) is 5.82 Å². The van der Waals surface area contributed by atoms with Crippen LogP contribution in [-0.2, 0) is 0 Å². The molecule has 0 bridgehead atoms. The number of carbonyl (C=O) groups is 1. The minimum Gasteiger partial charge on any atom is -0.336 e. The van der Waals surface area contributed by atoms with Crippen LogP contribution in [0.4, 0.5) is 0 Å². The van der Waals surface area contributed by atoms with Crippen LogP contribution in [-0.4, -0.2) is 43.5 Å². The SMILES string of the molecule is Cc1cc(C)n2nc(C(=O)N3CCC(c4ccccc4)CC3)nc2n1. The minimum absolute atomic E-state index is 0.103. The van der Waals surface area contributed by atoms with Crippen LogP contribution in [0.1, 0.15) is 46.3 Å². The van der Waals surface area contributed by atoms with E-state index in [-0.39, 0.29) is 11.7 Å². The van der Waals surface area contributed by atoms with Crippen LogP contribution < -0.4 is 0 Å². The van der Waals surface area contributed by atoms with E-state index in [0.717, 1.165) is 37.3 Å². The van der Waals surface area contributed by atoms with Gasteiger partial charge < -0.3 is 4.90 Å². The number of aromatic nitrogens is 4. The smallest absolute Gasteiger partial charge is 0.293 e. The molecule has 1 saturated heterocycles. The first kappa shape index (κ1) is 15.7. The van der Waals surface area contributed by atoms with Crippen molar-refractivity contribution < 1.29 is 4.79 Å². The number of carbonyl (C=O) groups excluding carboxylic acids is 1. The second kappa shape index (κ2) is 6.27. The molecule has 0 aliphatic carbocycles. The Balaban J connectivity index is 1.50. The highest BCUT2D eigenvalue weighted by molar-refractivity contribution is 5.91. The number of likely N-dealkylation sites (tertiary alicyclic amines) is 1. The van der Waals surface area contributed by atoms with Gasteiger partial charge in [0.05, 0.1) is 0 Å². The van der Waals surface area contributed by atoms with Gasteiger partial charge in [0.15, 0.2) is 0 Å². The summed E-state index contributed by atoms with van der Waals surface area (Å²) in [6.45, 7) is 5.33. The predicted molar refractivity (Wildman–Crippen MR) is 94.6 cm³/mol. The molecule has 0 unspecified atom stereocenters. The fourth-order valence-electron chi connectivity index (χ4n) is 3.54. The third-order valence-electron chi connectivity index (χ3n) is 4.86. The predicted octanol–water partition coefficient (Wildman–Crippen LogP) is 2.76. The number of rotatable bonds is 2. The van der Waals surface area contributed by atoms with E-state index in [1.807, 2.05) is 30.9 Å². The molecular formula is C19H21N5O. The van der Waals surface area contributed by atoms with Crippen molar-refractivity contribution in [3.63, 3.8) is 0 Å². The maximum atomic E-state index is 12.8. The molecule has 25 heavy (non-hydrogen) atoms. The lowest BCUT2D eigenvalue weighted by atomic mass is 9.89. The lowest BCUT2D eigenvalue weighted by molar-refractivity contribution is 0.0701. The number of benzene rings is 1. The molecule has 0 saturated carbocycles. The zero-order valence-corrected chi connectivity index (χ0v) is 14.5. The summed E-state index contributed by atoms with van der Waals surface area (Å²) in [5.41, 5.74) is 3.16. The van der Waals surface area contributed by atoms with E-state index in [1.54, 1.807) is 4.52 Å². The van der Waals surface area contributed by atoms with E-state index in [1.165, 1.54) is 5.56 Å². The molecule has 0 atom stereocenters. The van der Waals surface area contributed by atoms with Gasteiger partial charge in [0, 0.05) is 24.5 Å². The molecule has 1 amide bonds. The van der Waals surface area contributed by atoms with Crippen LogP contribution in [0.3, 0.4) is 0 Å². The number of nitrogens with zero attached hydrogens (tertiary/aromatic N) is 5. The average Bonchev–Trinajstić information content (AvgIpc) is 3.06.